The number of hydrogen-bond donors (Lipinski definition) is 1. The van der Waals surface area contributed by atoms with Gasteiger partial charge in [0, 0.05) is 6.61 Å². The van der Waals surface area contributed by atoms with Gasteiger partial charge in [-0.2, -0.15) is 0 Å². The maximum atomic E-state index is 8.48. The zero-order valence-electron chi connectivity index (χ0n) is 12.8. The van der Waals surface area contributed by atoms with Gasteiger partial charge in [-0.15, -0.1) is 0 Å². The molecule has 0 spiro atoms. The van der Waals surface area contributed by atoms with E-state index in [1.165, 1.54) is 0 Å². The Morgan fingerprint density at radius 2 is 0.762 bits per heavy atom. The van der Waals surface area contributed by atoms with Gasteiger partial charge in [-0.3, -0.25) is 0 Å². The summed E-state index contributed by atoms with van der Waals surface area (Å²) in [6.07, 6.45) is 0. The molecule has 21 heavy (non-hydrogen) atoms. The van der Waals surface area contributed by atoms with Crippen LogP contribution in [0.1, 0.15) is 0 Å². The first-order chi connectivity index (χ1) is 10.4. The Kier molecular flexibility index (Phi) is 19.5. The summed E-state index contributed by atoms with van der Waals surface area (Å²) in [4.78, 5) is 0. The molecule has 127 valence electrons. The average molecular weight is 309 g/mol. The van der Waals surface area contributed by atoms with Crippen LogP contribution in [0, 0.1) is 6.92 Å². The minimum Gasteiger partial charge on any atom is -0.394 e. The van der Waals surface area contributed by atoms with E-state index in [1.807, 2.05) is 0 Å². The van der Waals surface area contributed by atoms with E-state index in [0.717, 1.165) is 0 Å². The maximum absolute atomic E-state index is 8.48. The van der Waals surface area contributed by atoms with Crippen molar-refractivity contribution < 1.29 is 33.5 Å². The SMILES string of the molecule is [CH2]COCCOCCOCCOCCOCCOCCO. The lowest BCUT2D eigenvalue weighted by molar-refractivity contribution is -0.0173. The monoisotopic (exact) mass is 309 g/mol. The normalized spacial score (nSPS) is 11.1. The Balaban J connectivity index is 2.90. The van der Waals surface area contributed by atoms with Crippen LogP contribution in [0.4, 0.5) is 0 Å². The summed E-state index contributed by atoms with van der Waals surface area (Å²) in [5.74, 6) is 0. The quantitative estimate of drug-likeness (QED) is 0.355. The Bertz CT molecular complexity index is 163. The number of hydrogen-bond acceptors (Lipinski definition) is 7. The number of aliphatic hydroxyl groups is 1. The van der Waals surface area contributed by atoms with Crippen LogP contribution in [0.5, 0.6) is 0 Å². The molecule has 0 unspecified atom stereocenters. The third-order valence-electron chi connectivity index (χ3n) is 2.24. The summed E-state index contributed by atoms with van der Waals surface area (Å²) in [7, 11) is 0. The highest BCUT2D eigenvalue weighted by Gasteiger charge is 1.93. The van der Waals surface area contributed by atoms with Gasteiger partial charge >= 0.3 is 0 Å². The molecule has 1 radical (unpaired) electrons. The highest BCUT2D eigenvalue weighted by molar-refractivity contribution is 4.37. The lowest BCUT2D eigenvalue weighted by Crippen LogP contribution is -2.14. The molecule has 0 aliphatic carbocycles. The van der Waals surface area contributed by atoms with Crippen molar-refractivity contribution in [2.75, 3.05) is 85.9 Å². The first kappa shape index (κ1) is 20.7. The predicted molar refractivity (Wildman–Crippen MR) is 77.4 cm³/mol. The highest BCUT2D eigenvalue weighted by Crippen LogP contribution is 1.84. The molecule has 7 nitrogen and oxygen atoms in total. The van der Waals surface area contributed by atoms with Gasteiger partial charge in [0.25, 0.3) is 0 Å². The minimum atomic E-state index is 0.0398. The van der Waals surface area contributed by atoms with Crippen molar-refractivity contribution in [3.05, 3.63) is 6.92 Å². The fourth-order valence-electron chi connectivity index (χ4n) is 1.27. The van der Waals surface area contributed by atoms with E-state index >= 15 is 0 Å². The lowest BCUT2D eigenvalue weighted by atomic mass is 10.7. The van der Waals surface area contributed by atoms with Crippen molar-refractivity contribution in [3.63, 3.8) is 0 Å². The van der Waals surface area contributed by atoms with Crippen molar-refractivity contribution >= 4 is 0 Å². The van der Waals surface area contributed by atoms with Crippen molar-refractivity contribution in [1.29, 1.82) is 0 Å². The smallest absolute Gasteiger partial charge is 0.0701 e. The van der Waals surface area contributed by atoms with Crippen molar-refractivity contribution in [1.82, 2.24) is 0 Å². The molecule has 0 bridgehead atoms. The molecule has 0 fully saturated rings. The van der Waals surface area contributed by atoms with Gasteiger partial charge in [0.15, 0.2) is 0 Å². The second-order valence-corrected chi connectivity index (χ2v) is 3.90. The van der Waals surface area contributed by atoms with Gasteiger partial charge in [-0.05, 0) is 6.92 Å². The van der Waals surface area contributed by atoms with Crippen molar-refractivity contribution in [2.45, 2.75) is 0 Å². The lowest BCUT2D eigenvalue weighted by Gasteiger charge is -2.07. The molecule has 7 heteroatoms. The van der Waals surface area contributed by atoms with E-state index < -0.39 is 0 Å². The summed E-state index contributed by atoms with van der Waals surface area (Å²) in [6, 6.07) is 0. The zero-order chi connectivity index (χ0) is 15.4. The average Bonchev–Trinajstić information content (AvgIpc) is 2.50. The fraction of sp³-hybridized carbons (Fsp3) is 0.929. The molecule has 0 saturated carbocycles. The molecule has 0 aliphatic heterocycles. The largest absolute Gasteiger partial charge is 0.394 e. The first-order valence-electron chi connectivity index (χ1n) is 7.28. The first-order valence-corrected chi connectivity index (χ1v) is 7.28. The van der Waals surface area contributed by atoms with Gasteiger partial charge in [0.05, 0.1) is 79.3 Å². The van der Waals surface area contributed by atoms with Gasteiger partial charge in [-0.1, -0.05) is 0 Å². The molecular formula is C14H29O7. The van der Waals surface area contributed by atoms with Crippen molar-refractivity contribution in [2.24, 2.45) is 0 Å². The minimum absolute atomic E-state index is 0.0398. The van der Waals surface area contributed by atoms with E-state index in [9.17, 15) is 0 Å². The molecule has 0 aromatic rings. The van der Waals surface area contributed by atoms with E-state index in [1.54, 1.807) is 0 Å². The summed E-state index contributed by atoms with van der Waals surface area (Å²) in [5.41, 5.74) is 0. The number of ether oxygens (including phenoxy) is 6. The van der Waals surface area contributed by atoms with Gasteiger partial charge in [0.2, 0.25) is 0 Å². The van der Waals surface area contributed by atoms with Gasteiger partial charge < -0.3 is 33.5 Å². The molecule has 0 aliphatic rings. The van der Waals surface area contributed by atoms with E-state index in [4.69, 9.17) is 33.5 Å². The van der Waals surface area contributed by atoms with Gasteiger partial charge in [-0.25, -0.2) is 0 Å². The molecule has 0 aromatic heterocycles. The standard InChI is InChI=1S/C14H29O7/c1-2-16-5-6-18-9-10-20-13-14-21-12-11-19-8-7-17-4-3-15/h15H,1-14H2. The van der Waals surface area contributed by atoms with Crippen LogP contribution in [0.25, 0.3) is 0 Å². The molecule has 0 atom stereocenters. The summed E-state index contributed by atoms with van der Waals surface area (Å²) in [5, 5.41) is 8.48. The molecular weight excluding hydrogens is 280 g/mol. The van der Waals surface area contributed by atoms with E-state index in [-0.39, 0.29) is 6.61 Å². The summed E-state index contributed by atoms with van der Waals surface area (Å²) >= 11 is 0. The molecule has 0 heterocycles. The summed E-state index contributed by atoms with van der Waals surface area (Å²) < 4.78 is 31.2. The van der Waals surface area contributed by atoms with Gasteiger partial charge in [0.1, 0.15) is 0 Å². The van der Waals surface area contributed by atoms with E-state index in [2.05, 4.69) is 6.92 Å². The Labute approximate surface area is 127 Å². The fourth-order valence-corrected chi connectivity index (χ4v) is 1.27. The van der Waals surface area contributed by atoms with Crippen LogP contribution in [0.15, 0.2) is 0 Å². The Morgan fingerprint density at radius 3 is 1.05 bits per heavy atom. The van der Waals surface area contributed by atoms with E-state index in [0.29, 0.717) is 79.3 Å². The highest BCUT2D eigenvalue weighted by atomic mass is 16.6. The Morgan fingerprint density at radius 1 is 0.476 bits per heavy atom. The third kappa shape index (κ3) is 19.7. The third-order valence-corrected chi connectivity index (χ3v) is 2.24. The molecule has 0 rings (SSSR count). The van der Waals surface area contributed by atoms with Crippen molar-refractivity contribution in [3.8, 4) is 0 Å². The molecule has 0 amide bonds. The maximum Gasteiger partial charge on any atom is 0.0701 e. The molecule has 1 N–H and O–H groups in total. The topological polar surface area (TPSA) is 75.6 Å². The Hall–Kier alpha value is -0.280. The van der Waals surface area contributed by atoms with Crippen LogP contribution in [0.2, 0.25) is 0 Å². The summed E-state index contributed by atoms with van der Waals surface area (Å²) in [6.45, 7) is 9.78. The van der Waals surface area contributed by atoms with Crippen LogP contribution in [0.3, 0.4) is 0 Å². The van der Waals surface area contributed by atoms with Crippen LogP contribution in [-0.4, -0.2) is 91.0 Å². The number of aliphatic hydroxyl groups excluding tert-OH is 1. The van der Waals surface area contributed by atoms with Crippen LogP contribution < -0.4 is 0 Å². The van der Waals surface area contributed by atoms with Crippen LogP contribution in [-0.2, 0) is 28.4 Å². The number of rotatable bonds is 18. The second kappa shape index (κ2) is 19.7. The zero-order valence-corrected chi connectivity index (χ0v) is 12.8. The predicted octanol–water partition coefficient (Wildman–Crippen LogP) is -0.0876. The molecule has 0 aromatic carbocycles. The second-order valence-electron chi connectivity index (χ2n) is 3.90. The van der Waals surface area contributed by atoms with Crippen LogP contribution >= 0.6 is 0 Å². The molecule has 0 saturated heterocycles.